The number of hydrogen-bond donors (Lipinski definition) is 1. The van der Waals surface area contributed by atoms with Gasteiger partial charge in [0.25, 0.3) is 0 Å². The molecule has 4 heteroatoms. The lowest BCUT2D eigenvalue weighted by Crippen LogP contribution is -2.02. The Morgan fingerprint density at radius 2 is 2.00 bits per heavy atom. The molecule has 0 unspecified atom stereocenters. The highest BCUT2D eigenvalue weighted by Gasteiger charge is 2.03. The van der Waals surface area contributed by atoms with Crippen LogP contribution in [0.2, 0.25) is 0 Å². The van der Waals surface area contributed by atoms with Gasteiger partial charge in [-0.2, -0.15) is 0 Å². The summed E-state index contributed by atoms with van der Waals surface area (Å²) in [5, 5.41) is 3.04. The maximum atomic E-state index is 13.3. The Kier molecular flexibility index (Phi) is 3.32. The van der Waals surface area contributed by atoms with Crippen LogP contribution in [-0.2, 0) is 6.54 Å². The van der Waals surface area contributed by atoms with Gasteiger partial charge in [0.05, 0.1) is 5.69 Å². The number of anilines is 1. The van der Waals surface area contributed by atoms with Crippen molar-refractivity contribution in [1.82, 2.24) is 4.98 Å². The minimum atomic E-state index is -0.566. The number of nitrogens with zero attached hydrogens (tertiary/aromatic N) is 1. The lowest BCUT2D eigenvalue weighted by molar-refractivity contribution is 0.574. The summed E-state index contributed by atoms with van der Waals surface area (Å²) in [6, 6.07) is 5.47. The van der Waals surface area contributed by atoms with Crippen molar-refractivity contribution in [3.63, 3.8) is 0 Å². The summed E-state index contributed by atoms with van der Waals surface area (Å²) in [6.07, 6.45) is 3.40. The number of pyridine rings is 1. The zero-order valence-corrected chi connectivity index (χ0v) is 9.37. The highest BCUT2D eigenvalue weighted by molar-refractivity contribution is 5.43. The molecule has 2 nitrogen and oxygen atoms in total. The molecule has 0 saturated heterocycles. The van der Waals surface area contributed by atoms with E-state index in [1.807, 2.05) is 13.0 Å². The molecule has 1 aromatic carbocycles. The maximum absolute atomic E-state index is 13.3. The maximum Gasteiger partial charge on any atom is 0.131 e. The highest BCUT2D eigenvalue weighted by Crippen LogP contribution is 2.13. The molecule has 0 fully saturated rings. The van der Waals surface area contributed by atoms with Crippen LogP contribution in [0.5, 0.6) is 0 Å². The van der Waals surface area contributed by atoms with Crippen molar-refractivity contribution >= 4 is 5.69 Å². The van der Waals surface area contributed by atoms with Crippen molar-refractivity contribution in [3.8, 4) is 0 Å². The van der Waals surface area contributed by atoms with E-state index in [2.05, 4.69) is 10.3 Å². The highest BCUT2D eigenvalue weighted by atomic mass is 19.1. The molecule has 0 aliphatic carbocycles. The van der Waals surface area contributed by atoms with Crippen LogP contribution < -0.4 is 5.32 Å². The van der Waals surface area contributed by atoms with Crippen molar-refractivity contribution in [1.29, 1.82) is 0 Å². The van der Waals surface area contributed by atoms with Gasteiger partial charge in [0.1, 0.15) is 11.6 Å². The smallest absolute Gasteiger partial charge is 0.131 e. The zero-order valence-electron chi connectivity index (χ0n) is 9.37. The van der Waals surface area contributed by atoms with Crippen LogP contribution >= 0.6 is 0 Å². The largest absolute Gasteiger partial charge is 0.380 e. The van der Waals surface area contributed by atoms with E-state index < -0.39 is 11.6 Å². The Morgan fingerprint density at radius 3 is 2.71 bits per heavy atom. The predicted molar refractivity (Wildman–Crippen MR) is 62.7 cm³/mol. The van der Waals surface area contributed by atoms with Gasteiger partial charge in [-0.3, -0.25) is 4.98 Å². The number of rotatable bonds is 3. The Bertz CT molecular complexity index is 527. The molecule has 0 aliphatic heterocycles. The predicted octanol–water partition coefficient (Wildman–Crippen LogP) is 3.28. The van der Waals surface area contributed by atoms with E-state index in [1.54, 1.807) is 12.4 Å². The molecule has 0 atom stereocenters. The minimum Gasteiger partial charge on any atom is -0.380 e. The Morgan fingerprint density at radius 1 is 1.18 bits per heavy atom. The number of nitrogens with one attached hydrogen (secondary N) is 1. The third-order valence-corrected chi connectivity index (χ3v) is 2.37. The molecule has 2 aromatic rings. The molecular formula is C13H12F2N2. The fraction of sp³-hybridized carbons (Fsp3) is 0.154. The van der Waals surface area contributed by atoms with Crippen molar-refractivity contribution in [3.05, 3.63) is 59.4 Å². The van der Waals surface area contributed by atoms with Crippen molar-refractivity contribution in [2.75, 3.05) is 5.32 Å². The van der Waals surface area contributed by atoms with Crippen molar-refractivity contribution < 1.29 is 8.78 Å². The summed E-state index contributed by atoms with van der Waals surface area (Å²) in [5.74, 6) is -1.11. The van der Waals surface area contributed by atoms with Gasteiger partial charge in [-0.25, -0.2) is 8.78 Å². The number of halogens is 2. The summed E-state index contributed by atoms with van der Waals surface area (Å²) in [7, 11) is 0. The van der Waals surface area contributed by atoms with Crippen LogP contribution in [0.25, 0.3) is 0 Å². The fourth-order valence-electron chi connectivity index (χ4n) is 1.51. The first kappa shape index (κ1) is 11.5. The molecule has 0 radical (unpaired) electrons. The monoisotopic (exact) mass is 234 g/mol. The standard InChI is InChI=1S/C13H12F2N2/c1-9-4-12(8-16-6-9)17-7-10-2-3-11(14)5-13(10)15/h2-6,8,17H,7H2,1H3. The van der Waals surface area contributed by atoms with Crippen LogP contribution in [0.4, 0.5) is 14.5 Å². The van der Waals surface area contributed by atoms with E-state index in [0.29, 0.717) is 12.1 Å². The van der Waals surface area contributed by atoms with Crippen LogP contribution in [-0.4, -0.2) is 4.98 Å². The normalized spacial score (nSPS) is 10.3. The van der Waals surface area contributed by atoms with Gasteiger partial charge in [0.15, 0.2) is 0 Å². The van der Waals surface area contributed by atoms with Gasteiger partial charge < -0.3 is 5.32 Å². The molecular weight excluding hydrogens is 222 g/mol. The van der Waals surface area contributed by atoms with E-state index >= 15 is 0 Å². The number of aryl methyl sites for hydroxylation is 1. The first-order valence-corrected chi connectivity index (χ1v) is 5.24. The van der Waals surface area contributed by atoms with Crippen molar-refractivity contribution in [2.24, 2.45) is 0 Å². The molecule has 0 saturated carbocycles. The number of benzene rings is 1. The molecule has 2 rings (SSSR count). The molecule has 1 heterocycles. The Balaban J connectivity index is 2.07. The summed E-state index contributed by atoms with van der Waals surface area (Å²) < 4.78 is 26.0. The van der Waals surface area contributed by atoms with E-state index in [0.717, 1.165) is 17.3 Å². The van der Waals surface area contributed by atoms with Gasteiger partial charge in [-0.15, -0.1) is 0 Å². The summed E-state index contributed by atoms with van der Waals surface area (Å²) in [4.78, 5) is 4.02. The molecule has 88 valence electrons. The summed E-state index contributed by atoms with van der Waals surface area (Å²) >= 11 is 0. The molecule has 1 aromatic heterocycles. The fourth-order valence-corrected chi connectivity index (χ4v) is 1.51. The van der Waals surface area contributed by atoms with E-state index in [4.69, 9.17) is 0 Å². The van der Waals surface area contributed by atoms with Crippen LogP contribution in [0.1, 0.15) is 11.1 Å². The van der Waals surface area contributed by atoms with Gasteiger partial charge in [0, 0.05) is 30.6 Å². The Labute approximate surface area is 98.3 Å². The Hall–Kier alpha value is -1.97. The third kappa shape index (κ3) is 3.00. The van der Waals surface area contributed by atoms with Gasteiger partial charge in [0.2, 0.25) is 0 Å². The quantitative estimate of drug-likeness (QED) is 0.881. The van der Waals surface area contributed by atoms with E-state index in [9.17, 15) is 8.78 Å². The molecule has 0 spiro atoms. The van der Waals surface area contributed by atoms with Crippen LogP contribution in [0, 0.1) is 18.6 Å². The van der Waals surface area contributed by atoms with E-state index in [1.165, 1.54) is 12.1 Å². The molecule has 1 N–H and O–H groups in total. The lowest BCUT2D eigenvalue weighted by atomic mass is 10.2. The van der Waals surface area contributed by atoms with Crippen LogP contribution in [0.15, 0.2) is 36.7 Å². The molecule has 0 bridgehead atoms. The second-order valence-corrected chi connectivity index (χ2v) is 3.84. The first-order chi connectivity index (χ1) is 8.15. The summed E-state index contributed by atoms with van der Waals surface area (Å²) in [6.45, 7) is 2.23. The van der Waals surface area contributed by atoms with Crippen LogP contribution in [0.3, 0.4) is 0 Å². The number of aromatic nitrogens is 1. The van der Waals surface area contributed by atoms with Gasteiger partial charge in [-0.05, 0) is 24.6 Å². The van der Waals surface area contributed by atoms with Gasteiger partial charge in [-0.1, -0.05) is 6.07 Å². The second-order valence-electron chi connectivity index (χ2n) is 3.84. The topological polar surface area (TPSA) is 24.9 Å². The average molecular weight is 234 g/mol. The second kappa shape index (κ2) is 4.91. The SMILES string of the molecule is Cc1cncc(NCc2ccc(F)cc2F)c1. The van der Waals surface area contributed by atoms with Crippen molar-refractivity contribution in [2.45, 2.75) is 13.5 Å². The molecule has 0 aliphatic rings. The zero-order chi connectivity index (χ0) is 12.3. The third-order valence-electron chi connectivity index (χ3n) is 2.37. The van der Waals surface area contributed by atoms with Gasteiger partial charge >= 0.3 is 0 Å². The molecule has 17 heavy (non-hydrogen) atoms. The first-order valence-electron chi connectivity index (χ1n) is 5.24. The number of hydrogen-bond acceptors (Lipinski definition) is 2. The molecule has 0 amide bonds. The summed E-state index contributed by atoms with van der Waals surface area (Å²) in [5.41, 5.74) is 2.26. The average Bonchev–Trinajstić information content (AvgIpc) is 2.28. The van der Waals surface area contributed by atoms with E-state index in [-0.39, 0.29) is 0 Å². The minimum absolute atomic E-state index is 0.303. The lowest BCUT2D eigenvalue weighted by Gasteiger charge is -2.07.